The summed E-state index contributed by atoms with van der Waals surface area (Å²) in [4.78, 5) is 0. The van der Waals surface area contributed by atoms with E-state index in [0.29, 0.717) is 0 Å². The van der Waals surface area contributed by atoms with Gasteiger partial charge >= 0.3 is 0 Å². The normalized spacial score (nSPS) is 19.4. The standard InChI is InChI=1S/C14H18N/c1-14(2)11-15(3)10-9-13(14)12-7-5-4-6-8-12/h4-10H,11H2,1-3H3/q+1. The first kappa shape index (κ1) is 10.2. The summed E-state index contributed by atoms with van der Waals surface area (Å²) >= 11 is 0. The second-order valence-electron chi connectivity index (χ2n) is 4.89. The quantitative estimate of drug-likeness (QED) is 0.613. The van der Waals surface area contributed by atoms with Crippen LogP contribution in [0, 0.1) is 5.41 Å². The van der Waals surface area contributed by atoms with E-state index in [9.17, 15) is 0 Å². The molecule has 1 aliphatic rings. The highest BCUT2D eigenvalue weighted by molar-refractivity contribution is 5.85. The number of allylic oxidation sites excluding steroid dienone is 1. The Balaban J connectivity index is 2.45. The highest BCUT2D eigenvalue weighted by atomic mass is 15.0. The third-order valence-electron chi connectivity index (χ3n) is 2.95. The maximum absolute atomic E-state index is 2.30. The van der Waals surface area contributed by atoms with Crippen molar-refractivity contribution in [2.24, 2.45) is 5.41 Å². The lowest BCUT2D eigenvalue weighted by Gasteiger charge is -2.27. The molecule has 1 heterocycles. The van der Waals surface area contributed by atoms with Gasteiger partial charge in [-0.2, -0.15) is 0 Å². The number of benzene rings is 1. The van der Waals surface area contributed by atoms with E-state index in [1.807, 2.05) is 0 Å². The van der Waals surface area contributed by atoms with E-state index < -0.39 is 0 Å². The fourth-order valence-corrected chi connectivity index (χ4v) is 2.29. The average molecular weight is 200 g/mol. The van der Waals surface area contributed by atoms with Gasteiger partial charge in [-0.1, -0.05) is 30.3 Å². The Hall–Kier alpha value is -1.37. The maximum atomic E-state index is 2.30. The van der Waals surface area contributed by atoms with Gasteiger partial charge in [-0.05, 0) is 25.0 Å². The molecular formula is C14H18N+. The van der Waals surface area contributed by atoms with Crippen LogP contribution in [-0.2, 0) is 0 Å². The Morgan fingerprint density at radius 1 is 1.13 bits per heavy atom. The molecule has 0 saturated carbocycles. The maximum Gasteiger partial charge on any atom is 0.163 e. The molecular weight excluding hydrogens is 182 g/mol. The smallest absolute Gasteiger partial charge is 0.163 e. The Labute approximate surface area is 91.8 Å². The van der Waals surface area contributed by atoms with Crippen molar-refractivity contribution in [1.82, 2.24) is 0 Å². The fourth-order valence-electron chi connectivity index (χ4n) is 2.29. The Morgan fingerprint density at radius 3 is 2.40 bits per heavy atom. The van der Waals surface area contributed by atoms with Crippen LogP contribution in [0.4, 0.5) is 0 Å². The molecule has 1 aliphatic heterocycles. The number of nitrogens with zero attached hydrogens (tertiary/aromatic N) is 1. The predicted octanol–water partition coefficient (Wildman–Crippen LogP) is 2.82. The van der Waals surface area contributed by atoms with Crippen LogP contribution in [0.25, 0.3) is 5.57 Å². The number of hydrogen-bond donors (Lipinski definition) is 0. The van der Waals surface area contributed by atoms with Gasteiger partial charge in [-0.15, -0.1) is 0 Å². The van der Waals surface area contributed by atoms with Gasteiger partial charge in [0.15, 0.2) is 12.8 Å². The zero-order chi connectivity index (χ0) is 10.9. The molecule has 78 valence electrons. The summed E-state index contributed by atoms with van der Waals surface area (Å²) < 4.78 is 2.24. The summed E-state index contributed by atoms with van der Waals surface area (Å²) in [6.45, 7) is 5.68. The molecule has 0 unspecified atom stereocenters. The van der Waals surface area contributed by atoms with Crippen LogP contribution in [0.2, 0.25) is 0 Å². The number of rotatable bonds is 1. The van der Waals surface area contributed by atoms with Gasteiger partial charge in [0, 0.05) is 11.5 Å². The second-order valence-corrected chi connectivity index (χ2v) is 4.89. The van der Waals surface area contributed by atoms with Crippen molar-refractivity contribution in [1.29, 1.82) is 0 Å². The Kier molecular flexibility index (Phi) is 2.47. The van der Waals surface area contributed by atoms with Gasteiger partial charge in [0.2, 0.25) is 0 Å². The number of hydrogen-bond acceptors (Lipinski definition) is 0. The van der Waals surface area contributed by atoms with E-state index >= 15 is 0 Å². The zero-order valence-corrected chi connectivity index (χ0v) is 9.70. The summed E-state index contributed by atoms with van der Waals surface area (Å²) in [6.07, 6.45) is 4.40. The molecule has 0 saturated heterocycles. The molecule has 0 spiro atoms. The lowest BCUT2D eigenvalue weighted by Crippen LogP contribution is -2.30. The molecule has 1 aromatic rings. The third kappa shape index (κ3) is 2.01. The van der Waals surface area contributed by atoms with Crippen LogP contribution >= 0.6 is 0 Å². The molecule has 1 nitrogen and oxygen atoms in total. The first-order chi connectivity index (χ1) is 7.09. The topological polar surface area (TPSA) is 3.01 Å². The minimum absolute atomic E-state index is 0.227. The van der Waals surface area contributed by atoms with Crippen molar-refractivity contribution in [2.75, 3.05) is 13.6 Å². The van der Waals surface area contributed by atoms with Crippen LogP contribution in [0.3, 0.4) is 0 Å². The van der Waals surface area contributed by atoms with Crippen molar-refractivity contribution >= 4 is 11.8 Å². The van der Waals surface area contributed by atoms with Gasteiger partial charge in [-0.3, -0.25) is 0 Å². The predicted molar refractivity (Wildman–Crippen MR) is 65.3 cm³/mol. The van der Waals surface area contributed by atoms with Crippen molar-refractivity contribution < 1.29 is 4.58 Å². The molecule has 1 aromatic carbocycles. The van der Waals surface area contributed by atoms with E-state index in [2.05, 4.69) is 68.1 Å². The van der Waals surface area contributed by atoms with Crippen LogP contribution in [0.5, 0.6) is 0 Å². The van der Waals surface area contributed by atoms with Crippen molar-refractivity contribution in [2.45, 2.75) is 13.8 Å². The third-order valence-corrected chi connectivity index (χ3v) is 2.95. The van der Waals surface area contributed by atoms with E-state index in [-0.39, 0.29) is 5.41 Å². The molecule has 0 radical (unpaired) electrons. The van der Waals surface area contributed by atoms with Crippen LogP contribution in [0.1, 0.15) is 19.4 Å². The fraction of sp³-hybridized carbons (Fsp3) is 0.357. The van der Waals surface area contributed by atoms with Crippen molar-refractivity contribution in [3.63, 3.8) is 0 Å². The van der Waals surface area contributed by atoms with Crippen molar-refractivity contribution in [3.8, 4) is 0 Å². The minimum atomic E-state index is 0.227. The molecule has 0 aromatic heterocycles. The Bertz CT molecular complexity index is 410. The average Bonchev–Trinajstić information content (AvgIpc) is 2.17. The van der Waals surface area contributed by atoms with Crippen LogP contribution in [-0.4, -0.2) is 24.4 Å². The monoisotopic (exact) mass is 200 g/mol. The first-order valence-corrected chi connectivity index (χ1v) is 5.41. The van der Waals surface area contributed by atoms with Gasteiger partial charge in [0.1, 0.15) is 7.05 Å². The lowest BCUT2D eigenvalue weighted by molar-refractivity contribution is -0.504. The van der Waals surface area contributed by atoms with Crippen LogP contribution < -0.4 is 0 Å². The van der Waals surface area contributed by atoms with E-state index in [1.165, 1.54) is 11.1 Å². The highest BCUT2D eigenvalue weighted by Gasteiger charge is 2.30. The molecule has 0 aliphatic carbocycles. The van der Waals surface area contributed by atoms with E-state index in [1.54, 1.807) is 0 Å². The van der Waals surface area contributed by atoms with Gasteiger partial charge < -0.3 is 0 Å². The molecule has 0 atom stereocenters. The molecule has 0 fully saturated rings. The largest absolute Gasteiger partial charge is 0.238 e. The highest BCUT2D eigenvalue weighted by Crippen LogP contribution is 2.35. The molecule has 2 rings (SSSR count). The SMILES string of the molecule is C[N+]1=CC=C(c2ccccc2)C(C)(C)C1. The van der Waals surface area contributed by atoms with Gasteiger partial charge in [0.25, 0.3) is 0 Å². The van der Waals surface area contributed by atoms with E-state index in [0.717, 1.165) is 6.54 Å². The summed E-state index contributed by atoms with van der Waals surface area (Å²) in [5, 5.41) is 0. The molecule has 15 heavy (non-hydrogen) atoms. The lowest BCUT2D eigenvalue weighted by atomic mass is 9.78. The molecule has 0 amide bonds. The summed E-state index contributed by atoms with van der Waals surface area (Å²) in [5.74, 6) is 0. The minimum Gasteiger partial charge on any atom is -0.238 e. The first-order valence-electron chi connectivity index (χ1n) is 5.41. The summed E-state index contributed by atoms with van der Waals surface area (Å²) in [7, 11) is 2.13. The molecule has 0 bridgehead atoms. The Morgan fingerprint density at radius 2 is 1.80 bits per heavy atom. The summed E-state index contributed by atoms with van der Waals surface area (Å²) in [5.41, 5.74) is 3.00. The van der Waals surface area contributed by atoms with Gasteiger partial charge in [0.05, 0.1) is 0 Å². The van der Waals surface area contributed by atoms with Crippen molar-refractivity contribution in [3.05, 3.63) is 42.0 Å². The molecule has 1 heteroatoms. The zero-order valence-electron chi connectivity index (χ0n) is 9.70. The second kappa shape index (κ2) is 3.65. The van der Waals surface area contributed by atoms with E-state index in [4.69, 9.17) is 0 Å². The van der Waals surface area contributed by atoms with Gasteiger partial charge in [-0.25, -0.2) is 4.58 Å². The summed E-state index contributed by atoms with van der Waals surface area (Å²) in [6, 6.07) is 10.6. The van der Waals surface area contributed by atoms with Crippen LogP contribution in [0.15, 0.2) is 36.4 Å². The molecule has 0 N–H and O–H groups in total.